The van der Waals surface area contributed by atoms with Gasteiger partial charge in [0.2, 0.25) is 10.0 Å². The molecule has 0 aliphatic carbocycles. The molecule has 7 heteroatoms. The molecule has 0 fully saturated rings. The average molecular weight is 362 g/mol. The number of benzene rings is 2. The first-order chi connectivity index (χ1) is 11.9. The van der Waals surface area contributed by atoms with Gasteiger partial charge in [0.15, 0.2) is 0 Å². The van der Waals surface area contributed by atoms with E-state index >= 15 is 0 Å². The molecule has 2 rings (SSSR count). The molecule has 0 aromatic heterocycles. The summed E-state index contributed by atoms with van der Waals surface area (Å²) in [6.07, 6.45) is 0. The standard InChI is InChI=1S/C18H22N2O4S/c1-4-19-18(21)16-11-15(10-9-13(16)2)25(22,23)20-12-14-7-5-6-8-17(14)24-3/h5-11,20H,4,12H2,1-3H3,(H,19,21). The molecule has 134 valence electrons. The molecule has 2 aromatic rings. The highest BCUT2D eigenvalue weighted by Crippen LogP contribution is 2.19. The SMILES string of the molecule is CCNC(=O)c1cc(S(=O)(=O)NCc2ccccc2OC)ccc1C. The predicted octanol–water partition coefficient (Wildman–Crippen LogP) is 2.23. The fraction of sp³-hybridized carbons (Fsp3) is 0.278. The molecular formula is C18H22N2O4S. The van der Waals surface area contributed by atoms with Crippen molar-refractivity contribution in [2.75, 3.05) is 13.7 Å². The van der Waals surface area contributed by atoms with E-state index in [1.54, 1.807) is 25.1 Å². The first kappa shape index (κ1) is 19.0. The van der Waals surface area contributed by atoms with Crippen LogP contribution in [0.3, 0.4) is 0 Å². The number of hydrogen-bond donors (Lipinski definition) is 2. The molecule has 0 radical (unpaired) electrons. The summed E-state index contributed by atoms with van der Waals surface area (Å²) in [6, 6.07) is 11.7. The van der Waals surface area contributed by atoms with Crippen molar-refractivity contribution in [3.63, 3.8) is 0 Å². The maximum absolute atomic E-state index is 12.6. The second kappa shape index (κ2) is 8.13. The number of methoxy groups -OCH3 is 1. The molecule has 0 aliphatic rings. The lowest BCUT2D eigenvalue weighted by atomic mass is 10.1. The van der Waals surface area contributed by atoms with Crippen molar-refractivity contribution >= 4 is 15.9 Å². The highest BCUT2D eigenvalue weighted by Gasteiger charge is 2.18. The summed E-state index contributed by atoms with van der Waals surface area (Å²) in [6.45, 7) is 4.14. The lowest BCUT2D eigenvalue weighted by Gasteiger charge is -2.12. The van der Waals surface area contributed by atoms with Crippen molar-refractivity contribution in [2.24, 2.45) is 0 Å². The molecule has 6 nitrogen and oxygen atoms in total. The molecular weight excluding hydrogens is 340 g/mol. The van der Waals surface area contributed by atoms with E-state index in [9.17, 15) is 13.2 Å². The maximum atomic E-state index is 12.6. The molecule has 2 N–H and O–H groups in total. The summed E-state index contributed by atoms with van der Waals surface area (Å²) in [5.74, 6) is 0.318. The Hall–Kier alpha value is -2.38. The van der Waals surface area contributed by atoms with Crippen LogP contribution in [-0.4, -0.2) is 28.0 Å². The van der Waals surface area contributed by atoms with E-state index in [2.05, 4.69) is 10.0 Å². The largest absolute Gasteiger partial charge is 0.496 e. The summed E-state index contributed by atoms with van der Waals surface area (Å²) in [4.78, 5) is 12.1. The minimum atomic E-state index is -3.76. The number of amides is 1. The quantitative estimate of drug-likeness (QED) is 0.791. The van der Waals surface area contributed by atoms with Gasteiger partial charge in [0, 0.05) is 24.2 Å². The lowest BCUT2D eigenvalue weighted by molar-refractivity contribution is 0.0955. The molecule has 0 bridgehead atoms. The Morgan fingerprint density at radius 1 is 1.16 bits per heavy atom. The van der Waals surface area contributed by atoms with Crippen LogP contribution >= 0.6 is 0 Å². The summed E-state index contributed by atoms with van der Waals surface area (Å²) in [7, 11) is -2.22. The number of para-hydroxylation sites is 1. The molecule has 0 atom stereocenters. The fourth-order valence-electron chi connectivity index (χ4n) is 2.37. The van der Waals surface area contributed by atoms with Gasteiger partial charge >= 0.3 is 0 Å². The van der Waals surface area contributed by atoms with Gasteiger partial charge < -0.3 is 10.1 Å². The Kier molecular flexibility index (Phi) is 6.17. The zero-order valence-corrected chi connectivity index (χ0v) is 15.3. The second-order valence-corrected chi connectivity index (χ2v) is 7.24. The van der Waals surface area contributed by atoms with Gasteiger partial charge in [-0.05, 0) is 37.6 Å². The van der Waals surface area contributed by atoms with Crippen LogP contribution in [0.5, 0.6) is 5.75 Å². The van der Waals surface area contributed by atoms with Gasteiger partial charge in [-0.1, -0.05) is 24.3 Å². The number of hydrogen-bond acceptors (Lipinski definition) is 4. The molecule has 0 heterocycles. The van der Waals surface area contributed by atoms with Crippen molar-refractivity contribution in [3.05, 3.63) is 59.2 Å². The number of nitrogens with one attached hydrogen (secondary N) is 2. The van der Waals surface area contributed by atoms with Gasteiger partial charge in [-0.15, -0.1) is 0 Å². The maximum Gasteiger partial charge on any atom is 0.251 e. The van der Waals surface area contributed by atoms with Crippen LogP contribution in [0, 0.1) is 6.92 Å². The molecule has 1 amide bonds. The van der Waals surface area contributed by atoms with Gasteiger partial charge in [-0.25, -0.2) is 13.1 Å². The van der Waals surface area contributed by atoms with E-state index in [4.69, 9.17) is 4.74 Å². The van der Waals surface area contributed by atoms with Gasteiger partial charge in [-0.2, -0.15) is 0 Å². The monoisotopic (exact) mass is 362 g/mol. The molecule has 0 saturated carbocycles. The van der Waals surface area contributed by atoms with E-state index in [1.807, 2.05) is 19.1 Å². The third kappa shape index (κ3) is 4.58. The smallest absolute Gasteiger partial charge is 0.251 e. The van der Waals surface area contributed by atoms with Gasteiger partial charge in [0.05, 0.1) is 12.0 Å². The highest BCUT2D eigenvalue weighted by molar-refractivity contribution is 7.89. The molecule has 0 spiro atoms. The first-order valence-electron chi connectivity index (χ1n) is 7.89. The molecule has 0 saturated heterocycles. The predicted molar refractivity (Wildman–Crippen MR) is 96.2 cm³/mol. The van der Waals surface area contributed by atoms with Crippen LogP contribution in [0.2, 0.25) is 0 Å². The first-order valence-corrected chi connectivity index (χ1v) is 9.37. The second-order valence-electron chi connectivity index (χ2n) is 5.47. The number of carbonyl (C=O) groups excluding carboxylic acids is 1. The van der Waals surface area contributed by atoms with Crippen LogP contribution in [0.25, 0.3) is 0 Å². The van der Waals surface area contributed by atoms with Crippen LogP contribution in [0.15, 0.2) is 47.4 Å². The summed E-state index contributed by atoms with van der Waals surface area (Å²) < 4.78 is 32.9. The summed E-state index contributed by atoms with van der Waals surface area (Å²) in [5, 5.41) is 2.68. The van der Waals surface area contributed by atoms with E-state index in [-0.39, 0.29) is 17.3 Å². The van der Waals surface area contributed by atoms with E-state index in [0.29, 0.717) is 17.9 Å². The number of rotatable bonds is 7. The van der Waals surface area contributed by atoms with Gasteiger partial charge in [0.25, 0.3) is 5.91 Å². The fourth-order valence-corrected chi connectivity index (χ4v) is 3.41. The number of sulfonamides is 1. The Labute approximate surface area is 148 Å². The van der Waals surface area contributed by atoms with E-state index in [0.717, 1.165) is 11.1 Å². The van der Waals surface area contributed by atoms with Crippen molar-refractivity contribution in [1.82, 2.24) is 10.0 Å². The third-order valence-electron chi connectivity index (χ3n) is 3.75. The number of aryl methyl sites for hydroxylation is 1. The van der Waals surface area contributed by atoms with Crippen molar-refractivity contribution in [2.45, 2.75) is 25.3 Å². The van der Waals surface area contributed by atoms with E-state index < -0.39 is 10.0 Å². The normalized spacial score (nSPS) is 11.2. The van der Waals surface area contributed by atoms with Crippen LogP contribution < -0.4 is 14.8 Å². The number of ether oxygens (including phenoxy) is 1. The molecule has 2 aromatic carbocycles. The highest BCUT2D eigenvalue weighted by atomic mass is 32.2. The molecule has 0 aliphatic heterocycles. The molecule has 0 unspecified atom stereocenters. The van der Waals surface area contributed by atoms with Gasteiger partial charge in [0.1, 0.15) is 5.75 Å². The Bertz CT molecular complexity index is 863. The Morgan fingerprint density at radius 2 is 1.88 bits per heavy atom. The Balaban J connectivity index is 2.25. The van der Waals surface area contributed by atoms with Crippen LogP contribution in [-0.2, 0) is 16.6 Å². The van der Waals surface area contributed by atoms with Crippen LogP contribution in [0.4, 0.5) is 0 Å². The minimum Gasteiger partial charge on any atom is -0.496 e. The average Bonchev–Trinajstić information content (AvgIpc) is 2.60. The lowest BCUT2D eigenvalue weighted by Crippen LogP contribution is -2.26. The van der Waals surface area contributed by atoms with E-state index in [1.165, 1.54) is 19.2 Å². The molecule has 25 heavy (non-hydrogen) atoms. The summed E-state index contributed by atoms with van der Waals surface area (Å²) >= 11 is 0. The number of carbonyl (C=O) groups is 1. The van der Waals surface area contributed by atoms with Crippen molar-refractivity contribution in [3.8, 4) is 5.75 Å². The third-order valence-corrected chi connectivity index (χ3v) is 5.15. The zero-order chi connectivity index (χ0) is 18.4. The van der Waals surface area contributed by atoms with Crippen molar-refractivity contribution < 1.29 is 17.9 Å². The zero-order valence-electron chi connectivity index (χ0n) is 14.5. The van der Waals surface area contributed by atoms with Gasteiger partial charge in [-0.3, -0.25) is 4.79 Å². The van der Waals surface area contributed by atoms with Crippen molar-refractivity contribution in [1.29, 1.82) is 0 Å². The summed E-state index contributed by atoms with van der Waals surface area (Å²) in [5.41, 5.74) is 1.79. The Morgan fingerprint density at radius 3 is 2.56 bits per heavy atom. The van der Waals surface area contributed by atoms with Crippen LogP contribution in [0.1, 0.15) is 28.4 Å². The topological polar surface area (TPSA) is 84.5 Å². The minimum absolute atomic E-state index is 0.0502.